The molecular weight excluding hydrogens is 324 g/mol. The number of hydrogen-bond donors (Lipinski definition) is 0. The molecule has 10 heteroatoms. The summed E-state index contributed by atoms with van der Waals surface area (Å²) in [5.41, 5.74) is 0. The van der Waals surface area contributed by atoms with E-state index in [2.05, 4.69) is 4.74 Å². The van der Waals surface area contributed by atoms with Gasteiger partial charge in [0, 0.05) is 54.2 Å². The van der Waals surface area contributed by atoms with E-state index in [1.807, 2.05) is 7.05 Å². The van der Waals surface area contributed by atoms with Crippen molar-refractivity contribution in [1.29, 1.82) is 0 Å². The number of nitrogens with zero attached hydrogens (tertiary/aromatic N) is 4. The van der Waals surface area contributed by atoms with Gasteiger partial charge in [0.05, 0.1) is 6.54 Å². The summed E-state index contributed by atoms with van der Waals surface area (Å²) in [5.74, 6) is 0.292. The molecular formula is C13H26N4O5S. The summed E-state index contributed by atoms with van der Waals surface area (Å²) in [4.78, 5) is 24.1. The number of hydrogen-bond acceptors (Lipinski definition) is 5. The number of carbonyl (C=O) groups is 2. The summed E-state index contributed by atoms with van der Waals surface area (Å²) < 4.78 is 29.1. The first-order valence-electron chi connectivity index (χ1n) is 7.45. The van der Waals surface area contributed by atoms with Gasteiger partial charge in [-0.25, -0.2) is 4.79 Å². The molecule has 0 N–H and O–H groups in total. The SMILES string of the molecule is CN1CCCC1=O.CN1CCN(C)S1(=O)=O.CN1CCOC1=O. The zero-order valence-electron chi connectivity index (χ0n) is 14.2. The molecule has 134 valence electrons. The molecule has 3 saturated heterocycles. The second-order valence-electron chi connectivity index (χ2n) is 5.61. The minimum atomic E-state index is -3.04. The van der Waals surface area contributed by atoms with Gasteiger partial charge in [0.1, 0.15) is 6.61 Å². The van der Waals surface area contributed by atoms with Crippen molar-refractivity contribution >= 4 is 22.2 Å². The highest BCUT2D eigenvalue weighted by Gasteiger charge is 2.29. The number of ether oxygens (including phenoxy) is 1. The first kappa shape index (κ1) is 19.7. The van der Waals surface area contributed by atoms with Crippen LogP contribution >= 0.6 is 0 Å². The Morgan fingerprint density at radius 2 is 1.43 bits per heavy atom. The fourth-order valence-corrected chi connectivity index (χ4v) is 3.11. The van der Waals surface area contributed by atoms with Gasteiger partial charge in [0.25, 0.3) is 10.2 Å². The molecule has 0 saturated carbocycles. The van der Waals surface area contributed by atoms with Crippen LogP contribution in [-0.2, 0) is 19.7 Å². The first-order chi connectivity index (χ1) is 10.7. The van der Waals surface area contributed by atoms with E-state index in [-0.39, 0.29) is 6.09 Å². The maximum absolute atomic E-state index is 10.9. The summed E-state index contributed by atoms with van der Waals surface area (Å²) in [6, 6.07) is 0. The van der Waals surface area contributed by atoms with Crippen molar-refractivity contribution in [1.82, 2.24) is 18.4 Å². The second kappa shape index (κ2) is 8.46. The Bertz CT molecular complexity index is 484. The molecule has 3 aliphatic heterocycles. The largest absolute Gasteiger partial charge is 0.448 e. The topological polar surface area (TPSA) is 90.5 Å². The third-order valence-electron chi connectivity index (χ3n) is 3.79. The molecule has 0 unspecified atom stereocenters. The average Bonchev–Trinajstić information content (AvgIpc) is 3.12. The highest BCUT2D eigenvalue weighted by Crippen LogP contribution is 2.09. The van der Waals surface area contributed by atoms with Crippen LogP contribution in [0.4, 0.5) is 4.79 Å². The van der Waals surface area contributed by atoms with E-state index in [0.29, 0.717) is 25.6 Å². The summed E-state index contributed by atoms with van der Waals surface area (Å²) in [6.07, 6.45) is 1.60. The van der Waals surface area contributed by atoms with Crippen molar-refractivity contribution in [3.05, 3.63) is 0 Å². The van der Waals surface area contributed by atoms with Gasteiger partial charge < -0.3 is 14.5 Å². The van der Waals surface area contributed by atoms with Crippen molar-refractivity contribution < 1.29 is 22.7 Å². The molecule has 0 radical (unpaired) electrons. The molecule has 0 bridgehead atoms. The van der Waals surface area contributed by atoms with Crippen molar-refractivity contribution in [3.8, 4) is 0 Å². The van der Waals surface area contributed by atoms with Crippen LogP contribution in [0.1, 0.15) is 12.8 Å². The van der Waals surface area contributed by atoms with Crippen molar-refractivity contribution in [3.63, 3.8) is 0 Å². The lowest BCUT2D eigenvalue weighted by molar-refractivity contribution is -0.126. The van der Waals surface area contributed by atoms with E-state index in [1.165, 1.54) is 8.61 Å². The monoisotopic (exact) mass is 350 g/mol. The fourth-order valence-electron chi connectivity index (χ4n) is 2.00. The van der Waals surface area contributed by atoms with Gasteiger partial charge >= 0.3 is 6.09 Å². The number of amides is 2. The molecule has 0 atom stereocenters. The molecule has 0 spiro atoms. The van der Waals surface area contributed by atoms with Crippen LogP contribution in [0.3, 0.4) is 0 Å². The molecule has 3 rings (SSSR count). The molecule has 23 heavy (non-hydrogen) atoms. The quantitative estimate of drug-likeness (QED) is 0.583. The summed E-state index contributed by atoms with van der Waals surface area (Å²) in [6.45, 7) is 3.46. The maximum atomic E-state index is 10.9. The zero-order valence-corrected chi connectivity index (χ0v) is 15.0. The van der Waals surface area contributed by atoms with Crippen molar-refractivity contribution in [2.75, 3.05) is 61.0 Å². The lowest BCUT2D eigenvalue weighted by Crippen LogP contribution is -2.27. The smallest absolute Gasteiger partial charge is 0.409 e. The Morgan fingerprint density at radius 3 is 1.57 bits per heavy atom. The van der Waals surface area contributed by atoms with Crippen molar-refractivity contribution in [2.45, 2.75) is 12.8 Å². The van der Waals surface area contributed by atoms with Gasteiger partial charge in [-0.15, -0.1) is 0 Å². The van der Waals surface area contributed by atoms with Crippen molar-refractivity contribution in [2.24, 2.45) is 0 Å². The van der Waals surface area contributed by atoms with Crippen LogP contribution < -0.4 is 0 Å². The third-order valence-corrected chi connectivity index (χ3v) is 5.73. The van der Waals surface area contributed by atoms with E-state index in [4.69, 9.17) is 0 Å². The molecule has 2 amide bonds. The Hall–Kier alpha value is -1.39. The number of likely N-dealkylation sites (N-methyl/N-ethyl adjacent to an activating group) is 3. The zero-order chi connectivity index (χ0) is 17.6. The Morgan fingerprint density at radius 1 is 0.870 bits per heavy atom. The fraction of sp³-hybridized carbons (Fsp3) is 0.846. The van der Waals surface area contributed by atoms with E-state index in [1.54, 1.807) is 30.9 Å². The maximum Gasteiger partial charge on any atom is 0.409 e. The molecule has 0 aliphatic carbocycles. The number of carbonyl (C=O) groups excluding carboxylic acids is 2. The standard InChI is InChI=1S/C5H9NO.C4H10N2O2S.C4H7NO2/c1-6-4-2-3-5(6)7;1-5-3-4-6(2)9(5,7)8;1-5-2-3-7-4(5)6/h2-4H2,1H3;3-4H2,1-2H3;2-3H2,1H3. The second-order valence-corrected chi connectivity index (χ2v) is 7.75. The molecule has 0 aromatic carbocycles. The Kier molecular flexibility index (Phi) is 7.23. The van der Waals surface area contributed by atoms with Crippen LogP contribution in [0.15, 0.2) is 0 Å². The van der Waals surface area contributed by atoms with Gasteiger partial charge in [0.15, 0.2) is 0 Å². The number of rotatable bonds is 0. The third kappa shape index (κ3) is 5.63. The molecule has 3 fully saturated rings. The predicted molar refractivity (Wildman–Crippen MR) is 85.0 cm³/mol. The Balaban J connectivity index is 0.000000175. The first-order valence-corrected chi connectivity index (χ1v) is 8.85. The van der Waals surface area contributed by atoms with E-state index >= 15 is 0 Å². The van der Waals surface area contributed by atoms with E-state index in [0.717, 1.165) is 25.9 Å². The Labute approximate surface area is 137 Å². The van der Waals surface area contributed by atoms with Gasteiger partial charge in [-0.2, -0.15) is 17.0 Å². The lowest BCUT2D eigenvalue weighted by Gasteiger charge is -2.08. The number of likely N-dealkylation sites (tertiary alicyclic amines) is 1. The molecule has 9 nitrogen and oxygen atoms in total. The minimum absolute atomic E-state index is 0.208. The average molecular weight is 350 g/mol. The summed E-state index contributed by atoms with van der Waals surface area (Å²) >= 11 is 0. The van der Waals surface area contributed by atoms with Gasteiger partial charge in [-0.05, 0) is 6.42 Å². The summed E-state index contributed by atoms with van der Waals surface area (Å²) in [7, 11) is 3.69. The number of cyclic esters (lactones) is 1. The minimum Gasteiger partial charge on any atom is -0.448 e. The highest BCUT2D eigenvalue weighted by molar-refractivity contribution is 7.86. The van der Waals surface area contributed by atoms with Crippen LogP contribution in [0.2, 0.25) is 0 Å². The van der Waals surface area contributed by atoms with E-state index in [9.17, 15) is 18.0 Å². The molecule has 0 aromatic heterocycles. The highest BCUT2D eigenvalue weighted by atomic mass is 32.2. The molecule has 3 aliphatic rings. The van der Waals surface area contributed by atoms with Crippen LogP contribution in [-0.4, -0.2) is 99.8 Å². The van der Waals surface area contributed by atoms with Crippen LogP contribution in [0, 0.1) is 0 Å². The normalized spacial score (nSPS) is 24.0. The molecule has 3 heterocycles. The van der Waals surface area contributed by atoms with Gasteiger partial charge in [0.2, 0.25) is 5.91 Å². The van der Waals surface area contributed by atoms with E-state index < -0.39 is 10.2 Å². The lowest BCUT2D eigenvalue weighted by atomic mass is 10.4. The predicted octanol–water partition coefficient (Wildman–Crippen LogP) is -0.585. The van der Waals surface area contributed by atoms with Crippen LogP contribution in [0.5, 0.6) is 0 Å². The van der Waals surface area contributed by atoms with Gasteiger partial charge in [-0.3, -0.25) is 4.79 Å². The summed E-state index contributed by atoms with van der Waals surface area (Å²) in [5, 5.41) is 0. The molecule has 0 aromatic rings. The van der Waals surface area contributed by atoms with Crippen LogP contribution in [0.25, 0.3) is 0 Å². The van der Waals surface area contributed by atoms with Gasteiger partial charge in [-0.1, -0.05) is 0 Å².